The number of thioether (sulfide) groups is 1. The van der Waals surface area contributed by atoms with Gasteiger partial charge in [-0.15, -0.1) is 0 Å². The van der Waals surface area contributed by atoms with Crippen molar-refractivity contribution in [1.29, 1.82) is 0 Å². The Labute approximate surface area is 106 Å². The van der Waals surface area contributed by atoms with Crippen molar-refractivity contribution < 1.29 is 17.6 Å². The highest BCUT2D eigenvalue weighted by atomic mass is 32.2. The van der Waals surface area contributed by atoms with Crippen LogP contribution in [0.15, 0.2) is 0 Å². The van der Waals surface area contributed by atoms with Gasteiger partial charge in [-0.2, -0.15) is 34.3 Å². The van der Waals surface area contributed by atoms with Gasteiger partial charge in [-0.1, -0.05) is 6.92 Å². The van der Waals surface area contributed by atoms with Crippen LogP contribution in [0.4, 0.5) is 23.2 Å². The first kappa shape index (κ1) is 13.5. The average molecular weight is 280 g/mol. The molecule has 2 nitrogen and oxygen atoms in total. The van der Waals surface area contributed by atoms with Gasteiger partial charge in [0, 0.05) is 24.1 Å². The van der Waals surface area contributed by atoms with Crippen molar-refractivity contribution in [3.8, 4) is 0 Å². The van der Waals surface area contributed by atoms with Crippen LogP contribution in [0.2, 0.25) is 0 Å². The fourth-order valence-electron chi connectivity index (χ4n) is 1.92. The summed E-state index contributed by atoms with van der Waals surface area (Å²) in [6.07, 6.45) is 0.834. The number of rotatable bonds is 2. The number of anilines is 1. The van der Waals surface area contributed by atoms with E-state index in [-0.39, 0.29) is 5.25 Å². The minimum absolute atomic E-state index is 0.205. The molecule has 0 spiro atoms. The van der Waals surface area contributed by atoms with E-state index in [1.165, 1.54) is 4.90 Å². The highest BCUT2D eigenvalue weighted by Crippen LogP contribution is 2.31. The number of hydrogen-bond acceptors (Lipinski definition) is 3. The summed E-state index contributed by atoms with van der Waals surface area (Å²) in [6.45, 7) is 2.69. The van der Waals surface area contributed by atoms with Crippen LogP contribution in [-0.2, 0) is 0 Å². The molecule has 0 saturated carbocycles. The van der Waals surface area contributed by atoms with E-state index in [2.05, 4.69) is 4.98 Å². The third-order valence-corrected chi connectivity index (χ3v) is 4.26. The van der Waals surface area contributed by atoms with Crippen LogP contribution in [0.5, 0.6) is 0 Å². The molecule has 7 heteroatoms. The van der Waals surface area contributed by atoms with Crippen LogP contribution in [0, 0.1) is 23.5 Å². The Hall–Kier alpha value is -0.980. The Morgan fingerprint density at radius 1 is 1.22 bits per heavy atom. The fraction of sp³-hybridized carbons (Fsp3) is 0.545. The van der Waals surface area contributed by atoms with Crippen molar-refractivity contribution in [3.63, 3.8) is 0 Å². The highest BCUT2D eigenvalue weighted by molar-refractivity contribution is 8.00. The van der Waals surface area contributed by atoms with Crippen molar-refractivity contribution in [2.75, 3.05) is 23.7 Å². The van der Waals surface area contributed by atoms with Gasteiger partial charge >= 0.3 is 0 Å². The Bertz CT molecular complexity index is 429. The van der Waals surface area contributed by atoms with Crippen LogP contribution in [0.1, 0.15) is 13.3 Å². The molecule has 0 aliphatic carbocycles. The number of aromatic nitrogens is 1. The van der Waals surface area contributed by atoms with Crippen molar-refractivity contribution >= 4 is 17.4 Å². The molecule has 1 aromatic heterocycles. The van der Waals surface area contributed by atoms with Crippen molar-refractivity contribution in [2.45, 2.75) is 18.6 Å². The highest BCUT2D eigenvalue weighted by Gasteiger charge is 2.28. The third kappa shape index (κ3) is 2.41. The van der Waals surface area contributed by atoms with Crippen molar-refractivity contribution in [3.05, 3.63) is 23.5 Å². The van der Waals surface area contributed by atoms with E-state index >= 15 is 0 Å². The van der Waals surface area contributed by atoms with Gasteiger partial charge in [0.15, 0.2) is 0 Å². The Kier molecular flexibility index (Phi) is 3.99. The second-order valence-electron chi connectivity index (χ2n) is 4.02. The number of pyridine rings is 1. The number of hydrogen-bond donors (Lipinski definition) is 0. The standard InChI is InChI=1S/C11H12F4N2S/c1-2-6-5-17(3-4-18-6)9-7(12)10(14)16-11(15)8(9)13/h6H,2-5H2,1H3. The lowest BCUT2D eigenvalue weighted by atomic mass is 10.2. The molecule has 100 valence electrons. The molecular formula is C11H12F4N2S. The Morgan fingerprint density at radius 2 is 1.83 bits per heavy atom. The zero-order valence-corrected chi connectivity index (χ0v) is 10.5. The summed E-state index contributed by atoms with van der Waals surface area (Å²) in [5.74, 6) is -5.38. The predicted octanol–water partition coefficient (Wildman–Crippen LogP) is 2.97. The van der Waals surface area contributed by atoms with Crippen molar-refractivity contribution in [1.82, 2.24) is 4.98 Å². The SMILES string of the molecule is CCC1CN(c2c(F)c(F)nc(F)c2F)CCS1. The molecule has 18 heavy (non-hydrogen) atoms. The average Bonchev–Trinajstić information content (AvgIpc) is 2.37. The van der Waals surface area contributed by atoms with E-state index in [0.717, 1.165) is 6.42 Å². The van der Waals surface area contributed by atoms with Crippen LogP contribution < -0.4 is 4.90 Å². The summed E-state index contributed by atoms with van der Waals surface area (Å²) >= 11 is 1.69. The molecule has 1 atom stereocenters. The number of halogens is 4. The monoisotopic (exact) mass is 280 g/mol. The largest absolute Gasteiger partial charge is 0.365 e. The summed E-state index contributed by atoms with van der Waals surface area (Å²) in [5.41, 5.74) is -0.640. The molecule has 1 saturated heterocycles. The normalized spacial score (nSPS) is 20.3. The molecule has 0 radical (unpaired) electrons. The maximum absolute atomic E-state index is 13.6. The summed E-state index contributed by atoms with van der Waals surface area (Å²) in [7, 11) is 0. The first-order valence-electron chi connectivity index (χ1n) is 5.61. The van der Waals surface area contributed by atoms with Crippen LogP contribution in [0.25, 0.3) is 0 Å². The molecule has 2 heterocycles. The molecule has 0 amide bonds. The van der Waals surface area contributed by atoms with E-state index in [4.69, 9.17) is 0 Å². The maximum Gasteiger partial charge on any atom is 0.253 e. The topological polar surface area (TPSA) is 16.1 Å². The smallest absolute Gasteiger partial charge is 0.253 e. The molecular weight excluding hydrogens is 268 g/mol. The first-order chi connectivity index (χ1) is 8.54. The van der Waals surface area contributed by atoms with Gasteiger partial charge in [0.25, 0.3) is 11.9 Å². The van der Waals surface area contributed by atoms with Gasteiger partial charge in [0.05, 0.1) is 0 Å². The molecule has 0 aromatic carbocycles. The molecule has 0 bridgehead atoms. The van der Waals surface area contributed by atoms with E-state index in [0.29, 0.717) is 18.8 Å². The number of nitrogens with zero attached hydrogens (tertiary/aromatic N) is 2. The van der Waals surface area contributed by atoms with Crippen LogP contribution in [0.3, 0.4) is 0 Å². The molecule has 1 aliphatic rings. The Balaban J connectivity index is 2.38. The van der Waals surface area contributed by atoms with Crippen molar-refractivity contribution in [2.24, 2.45) is 0 Å². The maximum atomic E-state index is 13.6. The lowest BCUT2D eigenvalue weighted by Gasteiger charge is -2.33. The fourth-order valence-corrected chi connectivity index (χ4v) is 3.10. The molecule has 1 aliphatic heterocycles. The summed E-state index contributed by atoms with van der Waals surface area (Å²) in [6, 6.07) is 0. The first-order valence-corrected chi connectivity index (χ1v) is 6.66. The van der Waals surface area contributed by atoms with E-state index in [1.807, 2.05) is 6.92 Å². The van der Waals surface area contributed by atoms with Gasteiger partial charge in [0.2, 0.25) is 11.6 Å². The minimum Gasteiger partial charge on any atom is -0.365 e. The zero-order chi connectivity index (χ0) is 13.3. The third-order valence-electron chi connectivity index (χ3n) is 2.88. The molecule has 0 N–H and O–H groups in total. The van der Waals surface area contributed by atoms with Crippen LogP contribution in [-0.4, -0.2) is 29.1 Å². The van der Waals surface area contributed by atoms with Crippen LogP contribution >= 0.6 is 11.8 Å². The summed E-state index contributed by atoms with van der Waals surface area (Å²) < 4.78 is 53.2. The van der Waals surface area contributed by atoms with E-state index in [1.54, 1.807) is 11.8 Å². The summed E-state index contributed by atoms with van der Waals surface area (Å²) in [4.78, 5) is 3.90. The molecule has 1 unspecified atom stereocenters. The van der Waals surface area contributed by atoms with Gasteiger partial charge < -0.3 is 4.90 Å². The Morgan fingerprint density at radius 3 is 2.39 bits per heavy atom. The van der Waals surface area contributed by atoms with E-state index < -0.39 is 29.2 Å². The van der Waals surface area contributed by atoms with E-state index in [9.17, 15) is 17.6 Å². The lowest BCUT2D eigenvalue weighted by Crippen LogP contribution is -2.39. The lowest BCUT2D eigenvalue weighted by molar-refractivity contribution is 0.405. The second-order valence-corrected chi connectivity index (χ2v) is 5.43. The van der Waals surface area contributed by atoms with Gasteiger partial charge in [-0.05, 0) is 6.42 Å². The predicted molar refractivity (Wildman–Crippen MR) is 62.8 cm³/mol. The summed E-state index contributed by atoms with van der Waals surface area (Å²) in [5, 5.41) is 0.205. The second kappa shape index (κ2) is 5.34. The molecule has 2 rings (SSSR count). The zero-order valence-electron chi connectivity index (χ0n) is 9.72. The quantitative estimate of drug-likeness (QED) is 0.612. The molecule has 1 aromatic rings. The van der Waals surface area contributed by atoms with Gasteiger partial charge in [-0.3, -0.25) is 0 Å². The van der Waals surface area contributed by atoms with Gasteiger partial charge in [-0.25, -0.2) is 0 Å². The van der Waals surface area contributed by atoms with Gasteiger partial charge in [0.1, 0.15) is 5.69 Å². The minimum atomic E-state index is -1.60. The molecule has 1 fully saturated rings.